The lowest BCUT2D eigenvalue weighted by atomic mass is 9.99. The fourth-order valence-corrected chi connectivity index (χ4v) is 1.73. The molecule has 1 atom stereocenters. The normalized spacial score (nSPS) is 12.1. The van der Waals surface area contributed by atoms with Gasteiger partial charge in [-0.15, -0.1) is 0 Å². The highest BCUT2D eigenvalue weighted by Crippen LogP contribution is 2.25. The van der Waals surface area contributed by atoms with Crippen LogP contribution in [0.25, 0.3) is 0 Å². The van der Waals surface area contributed by atoms with E-state index in [0.29, 0.717) is 17.5 Å². The number of hydrogen-bond acceptors (Lipinski definition) is 3. The zero-order valence-electron chi connectivity index (χ0n) is 10.8. The van der Waals surface area contributed by atoms with E-state index in [-0.39, 0.29) is 0 Å². The maximum absolute atomic E-state index is 5.71. The minimum atomic E-state index is 0.462. The first-order valence-corrected chi connectivity index (χ1v) is 6.18. The maximum atomic E-state index is 5.71. The number of nitrogens with zero attached hydrogens (tertiary/aromatic N) is 1. The van der Waals surface area contributed by atoms with Gasteiger partial charge in [0.15, 0.2) is 0 Å². The van der Waals surface area contributed by atoms with E-state index in [1.165, 1.54) is 5.56 Å². The summed E-state index contributed by atoms with van der Waals surface area (Å²) in [5.74, 6) is 2.56. The van der Waals surface area contributed by atoms with Gasteiger partial charge in [0.2, 0.25) is 0 Å². The third-order valence-corrected chi connectivity index (χ3v) is 3.05. The van der Waals surface area contributed by atoms with Crippen molar-refractivity contribution >= 4 is 5.82 Å². The fraction of sp³-hybridized carbons (Fsp3) is 0.267. The van der Waals surface area contributed by atoms with Crippen molar-refractivity contribution in [2.45, 2.75) is 26.2 Å². The van der Waals surface area contributed by atoms with Crippen molar-refractivity contribution in [3.05, 3.63) is 48.2 Å². The summed E-state index contributed by atoms with van der Waals surface area (Å²) in [4.78, 5) is 3.93. The first kappa shape index (κ1) is 12.4. The van der Waals surface area contributed by atoms with Gasteiger partial charge in [0.25, 0.3) is 0 Å². The van der Waals surface area contributed by atoms with Gasteiger partial charge in [-0.1, -0.05) is 26.0 Å². The predicted molar refractivity (Wildman–Crippen MR) is 73.9 cm³/mol. The van der Waals surface area contributed by atoms with Gasteiger partial charge in [0.1, 0.15) is 17.3 Å². The van der Waals surface area contributed by atoms with Crippen LogP contribution in [0.4, 0.5) is 5.82 Å². The van der Waals surface area contributed by atoms with Crippen molar-refractivity contribution in [1.82, 2.24) is 4.98 Å². The van der Waals surface area contributed by atoms with Crippen molar-refractivity contribution in [3.8, 4) is 11.5 Å². The number of nitrogens with two attached hydrogens (primary N) is 1. The molecular formula is C15H18N2O. The highest BCUT2D eigenvalue weighted by atomic mass is 16.5. The third kappa shape index (κ3) is 3.00. The highest BCUT2D eigenvalue weighted by molar-refractivity contribution is 5.39. The van der Waals surface area contributed by atoms with Crippen molar-refractivity contribution in [3.63, 3.8) is 0 Å². The van der Waals surface area contributed by atoms with Crippen LogP contribution in [0.2, 0.25) is 0 Å². The van der Waals surface area contributed by atoms with Gasteiger partial charge in [-0.3, -0.25) is 0 Å². The highest BCUT2D eigenvalue weighted by Gasteiger charge is 2.03. The second kappa shape index (κ2) is 5.54. The molecule has 3 heteroatoms. The van der Waals surface area contributed by atoms with Gasteiger partial charge in [-0.2, -0.15) is 0 Å². The van der Waals surface area contributed by atoms with Gasteiger partial charge in [0.05, 0.1) is 0 Å². The largest absolute Gasteiger partial charge is 0.457 e. The van der Waals surface area contributed by atoms with Crippen LogP contribution in [-0.2, 0) is 0 Å². The van der Waals surface area contributed by atoms with E-state index >= 15 is 0 Å². The van der Waals surface area contributed by atoms with Crippen LogP contribution in [0.15, 0.2) is 42.6 Å². The summed E-state index contributed by atoms with van der Waals surface area (Å²) in [7, 11) is 0. The molecule has 0 aliphatic rings. The van der Waals surface area contributed by atoms with E-state index in [9.17, 15) is 0 Å². The number of pyridine rings is 1. The molecule has 0 aliphatic carbocycles. The average Bonchev–Trinajstić information content (AvgIpc) is 2.39. The molecule has 0 saturated heterocycles. The van der Waals surface area contributed by atoms with Gasteiger partial charge in [-0.05, 0) is 36.1 Å². The van der Waals surface area contributed by atoms with Crippen LogP contribution in [-0.4, -0.2) is 4.98 Å². The van der Waals surface area contributed by atoms with Crippen molar-refractivity contribution < 1.29 is 4.74 Å². The molecule has 0 spiro atoms. The van der Waals surface area contributed by atoms with Crippen LogP contribution in [0, 0.1) is 0 Å². The van der Waals surface area contributed by atoms with E-state index in [2.05, 4.69) is 31.0 Å². The zero-order valence-corrected chi connectivity index (χ0v) is 10.8. The summed E-state index contributed by atoms with van der Waals surface area (Å²) < 4.78 is 5.71. The Morgan fingerprint density at radius 1 is 1.17 bits per heavy atom. The lowest BCUT2D eigenvalue weighted by molar-refractivity contribution is 0.482. The van der Waals surface area contributed by atoms with E-state index in [1.807, 2.05) is 12.1 Å². The Morgan fingerprint density at radius 2 is 1.89 bits per heavy atom. The van der Waals surface area contributed by atoms with Crippen molar-refractivity contribution in [2.24, 2.45) is 0 Å². The minimum absolute atomic E-state index is 0.462. The summed E-state index contributed by atoms with van der Waals surface area (Å²) in [6.45, 7) is 4.41. The molecule has 0 bridgehead atoms. The second-order valence-electron chi connectivity index (χ2n) is 4.40. The monoisotopic (exact) mass is 242 g/mol. The van der Waals surface area contributed by atoms with Crippen LogP contribution in [0.5, 0.6) is 11.5 Å². The first-order valence-electron chi connectivity index (χ1n) is 6.18. The Hall–Kier alpha value is -2.03. The molecule has 0 radical (unpaired) electrons. The Bertz CT molecular complexity index is 508. The summed E-state index contributed by atoms with van der Waals surface area (Å²) in [5, 5.41) is 0. The number of ether oxygens (including phenoxy) is 1. The van der Waals surface area contributed by atoms with Gasteiger partial charge in [0, 0.05) is 12.3 Å². The molecule has 3 nitrogen and oxygen atoms in total. The molecule has 1 aromatic heterocycles. The van der Waals surface area contributed by atoms with Crippen molar-refractivity contribution in [2.75, 3.05) is 5.73 Å². The van der Waals surface area contributed by atoms with Gasteiger partial charge < -0.3 is 10.5 Å². The Balaban J connectivity index is 2.11. The number of rotatable bonds is 4. The summed E-state index contributed by atoms with van der Waals surface area (Å²) in [5.41, 5.74) is 6.94. The average molecular weight is 242 g/mol. The topological polar surface area (TPSA) is 48.1 Å². The molecule has 94 valence electrons. The van der Waals surface area contributed by atoms with Crippen molar-refractivity contribution in [1.29, 1.82) is 0 Å². The molecular weight excluding hydrogens is 224 g/mol. The van der Waals surface area contributed by atoms with Gasteiger partial charge in [-0.25, -0.2) is 4.98 Å². The molecule has 0 amide bonds. The SMILES string of the molecule is CCC(C)c1ccc(Oc2ccnc(N)c2)cc1. The van der Waals surface area contributed by atoms with E-state index in [4.69, 9.17) is 10.5 Å². The summed E-state index contributed by atoms with van der Waals surface area (Å²) >= 11 is 0. The Kier molecular flexibility index (Phi) is 3.82. The molecule has 18 heavy (non-hydrogen) atoms. The number of hydrogen-bond donors (Lipinski definition) is 1. The summed E-state index contributed by atoms with van der Waals surface area (Å²) in [6.07, 6.45) is 2.78. The standard InChI is InChI=1S/C15H18N2O/c1-3-11(2)12-4-6-13(7-5-12)18-14-8-9-17-15(16)10-14/h4-11H,3H2,1-2H3,(H2,16,17). The van der Waals surface area contributed by atoms with Crippen LogP contribution in [0.1, 0.15) is 31.7 Å². The molecule has 0 saturated carbocycles. The molecule has 1 aromatic carbocycles. The molecule has 2 aromatic rings. The fourth-order valence-electron chi connectivity index (χ4n) is 1.73. The Morgan fingerprint density at radius 3 is 2.50 bits per heavy atom. The van der Waals surface area contributed by atoms with Crippen LogP contribution >= 0.6 is 0 Å². The molecule has 2 N–H and O–H groups in total. The minimum Gasteiger partial charge on any atom is -0.457 e. The van der Waals surface area contributed by atoms with E-state index < -0.39 is 0 Å². The molecule has 2 rings (SSSR count). The molecule has 1 heterocycles. The molecule has 1 unspecified atom stereocenters. The predicted octanol–water partition coefficient (Wildman–Crippen LogP) is 3.97. The Labute approximate surface area is 108 Å². The number of anilines is 1. The van der Waals surface area contributed by atoms with Gasteiger partial charge >= 0.3 is 0 Å². The van der Waals surface area contributed by atoms with Crippen LogP contribution < -0.4 is 10.5 Å². The second-order valence-corrected chi connectivity index (χ2v) is 4.40. The van der Waals surface area contributed by atoms with E-state index in [1.54, 1.807) is 18.3 Å². The third-order valence-electron chi connectivity index (χ3n) is 3.05. The molecule has 0 fully saturated rings. The smallest absolute Gasteiger partial charge is 0.132 e. The quantitative estimate of drug-likeness (QED) is 0.882. The maximum Gasteiger partial charge on any atom is 0.132 e. The van der Waals surface area contributed by atoms with E-state index in [0.717, 1.165) is 12.2 Å². The lowest BCUT2D eigenvalue weighted by Gasteiger charge is -2.10. The summed E-state index contributed by atoms with van der Waals surface area (Å²) in [6, 6.07) is 11.7. The lowest BCUT2D eigenvalue weighted by Crippen LogP contribution is -1.92. The number of aromatic nitrogens is 1. The molecule has 0 aliphatic heterocycles. The number of benzene rings is 1. The van der Waals surface area contributed by atoms with Crippen LogP contribution in [0.3, 0.4) is 0 Å². The first-order chi connectivity index (χ1) is 8.69. The number of nitrogen functional groups attached to an aromatic ring is 1. The zero-order chi connectivity index (χ0) is 13.0.